The van der Waals surface area contributed by atoms with Crippen molar-refractivity contribution in [2.75, 3.05) is 13.2 Å². The lowest BCUT2D eigenvalue weighted by Crippen LogP contribution is -2.16. The molecule has 0 spiro atoms. The van der Waals surface area contributed by atoms with Crippen molar-refractivity contribution in [3.8, 4) is 22.8 Å². The van der Waals surface area contributed by atoms with E-state index in [0.717, 1.165) is 34.0 Å². The van der Waals surface area contributed by atoms with Crippen LogP contribution in [-0.4, -0.2) is 28.6 Å². The van der Waals surface area contributed by atoms with E-state index in [4.69, 9.17) is 42.8 Å². The Morgan fingerprint density at radius 2 is 1.91 bits per heavy atom. The van der Waals surface area contributed by atoms with Gasteiger partial charge in [-0.3, -0.25) is 4.98 Å². The lowest BCUT2D eigenvalue weighted by Gasteiger charge is -2.18. The maximum absolute atomic E-state index is 6.52. The summed E-state index contributed by atoms with van der Waals surface area (Å²) in [6.07, 6.45) is 3.41. The van der Waals surface area contributed by atoms with Gasteiger partial charge in [0.25, 0.3) is 0 Å². The van der Waals surface area contributed by atoms with Crippen LogP contribution in [0.2, 0.25) is 10.0 Å². The van der Waals surface area contributed by atoms with Crippen LogP contribution in [0.4, 0.5) is 5.69 Å². The zero-order chi connectivity index (χ0) is 22.8. The molecule has 5 rings (SSSR count). The standard InChI is InChI=1S/C24H18Cl2N4O2S/c1-15(16-4-7-22-23(11-16)32-10-9-31-22)29-30-21(19-12-17(25)5-6-20(19)26)14-33-24(30)28-18-3-2-8-27-13-18/h2-8,11-14H,9-10H2,1H3. The van der Waals surface area contributed by atoms with Crippen molar-refractivity contribution in [3.05, 3.63) is 86.7 Å². The number of ether oxygens (including phenoxy) is 2. The van der Waals surface area contributed by atoms with E-state index in [-0.39, 0.29) is 0 Å². The molecule has 0 N–H and O–H groups in total. The predicted octanol–water partition coefficient (Wildman–Crippen LogP) is 6.19. The van der Waals surface area contributed by atoms with Crippen LogP contribution in [0, 0.1) is 0 Å². The van der Waals surface area contributed by atoms with E-state index >= 15 is 0 Å². The number of fused-ring (bicyclic) bond motifs is 1. The fourth-order valence-electron chi connectivity index (χ4n) is 3.36. The Hall–Kier alpha value is -3.13. The molecule has 3 heterocycles. The molecule has 1 aliphatic rings. The molecule has 0 saturated carbocycles. The quantitative estimate of drug-likeness (QED) is 0.316. The van der Waals surface area contributed by atoms with E-state index in [0.29, 0.717) is 33.8 Å². The summed E-state index contributed by atoms with van der Waals surface area (Å²) in [6, 6.07) is 14.9. The van der Waals surface area contributed by atoms with Crippen molar-refractivity contribution in [3.63, 3.8) is 0 Å². The van der Waals surface area contributed by atoms with Gasteiger partial charge in [-0.2, -0.15) is 5.10 Å². The second kappa shape index (κ2) is 9.39. The SMILES string of the molecule is CC(=Nn1c(-c2cc(Cl)ccc2Cl)csc1=Nc1cccnc1)c1ccc2c(c1)OCCO2. The Labute approximate surface area is 204 Å². The van der Waals surface area contributed by atoms with Gasteiger partial charge in [0.05, 0.1) is 28.3 Å². The number of halogens is 2. The van der Waals surface area contributed by atoms with E-state index in [2.05, 4.69) is 4.98 Å². The zero-order valence-electron chi connectivity index (χ0n) is 17.5. The van der Waals surface area contributed by atoms with Gasteiger partial charge in [0.2, 0.25) is 4.80 Å². The maximum Gasteiger partial charge on any atom is 0.211 e. The molecule has 0 saturated heterocycles. The van der Waals surface area contributed by atoms with E-state index in [9.17, 15) is 0 Å². The Kier molecular flexibility index (Phi) is 6.17. The molecule has 166 valence electrons. The molecule has 6 nitrogen and oxygen atoms in total. The molecule has 2 aromatic carbocycles. The summed E-state index contributed by atoms with van der Waals surface area (Å²) in [5, 5.41) is 8.04. The van der Waals surface area contributed by atoms with Crippen LogP contribution < -0.4 is 14.3 Å². The molecule has 0 fully saturated rings. The zero-order valence-corrected chi connectivity index (χ0v) is 19.9. The molecule has 0 aliphatic carbocycles. The molecule has 0 radical (unpaired) electrons. The van der Waals surface area contributed by atoms with Crippen molar-refractivity contribution in [2.45, 2.75) is 6.92 Å². The van der Waals surface area contributed by atoms with Crippen LogP contribution in [0.15, 0.2) is 76.4 Å². The molecule has 0 bridgehead atoms. The number of pyridine rings is 1. The van der Waals surface area contributed by atoms with Gasteiger partial charge in [-0.1, -0.05) is 23.2 Å². The monoisotopic (exact) mass is 496 g/mol. The number of rotatable bonds is 4. The van der Waals surface area contributed by atoms with Crippen LogP contribution in [0.1, 0.15) is 12.5 Å². The second-order valence-corrected chi connectivity index (χ2v) is 8.89. The fraction of sp³-hybridized carbons (Fsp3) is 0.125. The smallest absolute Gasteiger partial charge is 0.211 e. The molecular formula is C24H18Cl2N4O2S. The average Bonchev–Trinajstić information content (AvgIpc) is 3.22. The lowest BCUT2D eigenvalue weighted by molar-refractivity contribution is 0.171. The Morgan fingerprint density at radius 1 is 1.06 bits per heavy atom. The van der Waals surface area contributed by atoms with Crippen molar-refractivity contribution >= 4 is 45.9 Å². The minimum absolute atomic E-state index is 0.525. The summed E-state index contributed by atoms with van der Waals surface area (Å²) in [4.78, 5) is 9.57. The number of nitrogens with zero attached hydrogens (tertiary/aromatic N) is 4. The molecular weight excluding hydrogens is 479 g/mol. The van der Waals surface area contributed by atoms with Crippen LogP contribution in [0.25, 0.3) is 11.3 Å². The molecule has 0 atom stereocenters. The first-order chi connectivity index (χ1) is 16.1. The third-order valence-electron chi connectivity index (χ3n) is 4.97. The first-order valence-corrected chi connectivity index (χ1v) is 11.8. The third-order valence-corrected chi connectivity index (χ3v) is 6.35. The first-order valence-electron chi connectivity index (χ1n) is 10.1. The predicted molar refractivity (Wildman–Crippen MR) is 132 cm³/mol. The highest BCUT2D eigenvalue weighted by Gasteiger charge is 2.15. The Morgan fingerprint density at radius 3 is 2.73 bits per heavy atom. The van der Waals surface area contributed by atoms with Crippen LogP contribution in [-0.2, 0) is 0 Å². The second-order valence-electron chi connectivity index (χ2n) is 7.21. The van der Waals surface area contributed by atoms with E-state index in [1.165, 1.54) is 11.3 Å². The Bertz CT molecular complexity index is 1410. The van der Waals surface area contributed by atoms with Crippen molar-refractivity contribution in [2.24, 2.45) is 10.1 Å². The third kappa shape index (κ3) is 4.66. The van der Waals surface area contributed by atoms with E-state index < -0.39 is 0 Å². The number of hydrogen-bond donors (Lipinski definition) is 0. The number of thiazole rings is 1. The average molecular weight is 497 g/mol. The molecule has 0 amide bonds. The molecule has 33 heavy (non-hydrogen) atoms. The molecule has 2 aromatic heterocycles. The summed E-state index contributed by atoms with van der Waals surface area (Å²) in [7, 11) is 0. The number of hydrogen-bond acceptors (Lipinski definition) is 6. The first kappa shape index (κ1) is 21.7. The topological polar surface area (TPSA) is 61.0 Å². The van der Waals surface area contributed by atoms with Gasteiger partial charge in [-0.25, -0.2) is 9.67 Å². The van der Waals surface area contributed by atoms with E-state index in [1.54, 1.807) is 29.2 Å². The molecule has 4 aromatic rings. The van der Waals surface area contributed by atoms with Gasteiger partial charge < -0.3 is 9.47 Å². The lowest BCUT2D eigenvalue weighted by atomic mass is 10.1. The normalized spacial score (nSPS) is 13.9. The van der Waals surface area contributed by atoms with Gasteiger partial charge in [0, 0.05) is 27.7 Å². The van der Waals surface area contributed by atoms with Crippen molar-refractivity contribution < 1.29 is 9.47 Å². The maximum atomic E-state index is 6.52. The minimum atomic E-state index is 0.525. The van der Waals surface area contributed by atoms with Gasteiger partial charge in [-0.05, 0) is 55.5 Å². The van der Waals surface area contributed by atoms with Gasteiger partial charge in [-0.15, -0.1) is 11.3 Å². The highest BCUT2D eigenvalue weighted by atomic mass is 35.5. The van der Waals surface area contributed by atoms with Gasteiger partial charge in [0.15, 0.2) is 11.5 Å². The largest absolute Gasteiger partial charge is 0.486 e. The van der Waals surface area contributed by atoms with Crippen LogP contribution in [0.3, 0.4) is 0 Å². The van der Waals surface area contributed by atoms with Gasteiger partial charge >= 0.3 is 0 Å². The highest BCUT2D eigenvalue weighted by molar-refractivity contribution is 7.07. The van der Waals surface area contributed by atoms with Crippen molar-refractivity contribution in [1.82, 2.24) is 9.66 Å². The molecule has 9 heteroatoms. The van der Waals surface area contributed by atoms with Crippen LogP contribution >= 0.6 is 34.5 Å². The summed E-state index contributed by atoms with van der Waals surface area (Å²) in [6.45, 7) is 3.01. The highest BCUT2D eigenvalue weighted by Crippen LogP contribution is 2.33. The van der Waals surface area contributed by atoms with Gasteiger partial charge in [0.1, 0.15) is 13.2 Å². The van der Waals surface area contributed by atoms with Crippen LogP contribution in [0.5, 0.6) is 11.5 Å². The number of aromatic nitrogens is 2. The van der Waals surface area contributed by atoms with E-state index in [1.807, 2.05) is 48.7 Å². The summed E-state index contributed by atoms with van der Waals surface area (Å²) in [5.41, 5.74) is 3.97. The van der Waals surface area contributed by atoms with Crippen molar-refractivity contribution in [1.29, 1.82) is 0 Å². The minimum Gasteiger partial charge on any atom is -0.486 e. The number of benzene rings is 2. The molecule has 1 aliphatic heterocycles. The molecule has 0 unspecified atom stereocenters. The summed E-state index contributed by atoms with van der Waals surface area (Å²) >= 11 is 14.2. The summed E-state index contributed by atoms with van der Waals surface area (Å²) in [5.74, 6) is 1.45. The fourth-order valence-corrected chi connectivity index (χ4v) is 4.59. The Balaban J connectivity index is 1.66. The summed E-state index contributed by atoms with van der Waals surface area (Å²) < 4.78 is 13.1.